The molecule has 0 radical (unpaired) electrons. The highest BCUT2D eigenvalue weighted by Gasteiger charge is 2.47. The number of ether oxygens (including phenoxy) is 1. The standard InChI is InChI=1S/C21H38N2O2.CH2O2/c1-19(2)13-16(14-20(3,4)22-19)12-18(24)23-11-7-10-21(15-23)9-6-8-17(21)25-5;2-1-3/h16-17,22H,6-15H2,1-5H3;1H,(H,2,3)/t17-,21+;/m1./s1. The molecule has 3 rings (SSSR count). The van der Waals surface area contributed by atoms with Crippen LogP contribution in [0.2, 0.25) is 0 Å². The lowest BCUT2D eigenvalue weighted by Crippen LogP contribution is -2.58. The number of nitrogens with one attached hydrogen (secondary N) is 1. The smallest absolute Gasteiger partial charge is 0.290 e. The summed E-state index contributed by atoms with van der Waals surface area (Å²) in [5.41, 5.74) is 0.458. The molecule has 6 nitrogen and oxygen atoms in total. The van der Waals surface area contributed by atoms with E-state index in [1.165, 1.54) is 19.3 Å². The fourth-order valence-corrected chi connectivity index (χ4v) is 6.37. The number of carbonyl (C=O) groups is 2. The van der Waals surface area contributed by atoms with Gasteiger partial charge in [-0.25, -0.2) is 0 Å². The van der Waals surface area contributed by atoms with Crippen LogP contribution in [-0.2, 0) is 14.3 Å². The molecule has 0 aromatic carbocycles. The molecule has 2 N–H and O–H groups in total. The van der Waals surface area contributed by atoms with Crippen LogP contribution in [-0.4, -0.2) is 59.8 Å². The van der Waals surface area contributed by atoms with Crippen molar-refractivity contribution in [2.24, 2.45) is 11.3 Å². The second-order valence-corrected chi connectivity index (χ2v) is 10.4. The third-order valence-corrected chi connectivity index (χ3v) is 6.81. The summed E-state index contributed by atoms with van der Waals surface area (Å²) in [7, 11) is 1.84. The Morgan fingerprint density at radius 1 is 1.18 bits per heavy atom. The molecule has 0 bridgehead atoms. The maximum atomic E-state index is 13.1. The van der Waals surface area contributed by atoms with Gasteiger partial charge in [-0.1, -0.05) is 6.42 Å². The highest BCUT2D eigenvalue weighted by Crippen LogP contribution is 2.46. The SMILES string of the molecule is CO[C@@H]1CCC[C@@]12CCCN(C(=O)CC1CC(C)(C)NC(C)(C)C1)C2.O=CO. The summed E-state index contributed by atoms with van der Waals surface area (Å²) < 4.78 is 5.79. The number of rotatable bonds is 3. The summed E-state index contributed by atoms with van der Waals surface area (Å²) in [6, 6.07) is 0. The van der Waals surface area contributed by atoms with E-state index in [0.717, 1.165) is 38.8 Å². The summed E-state index contributed by atoms with van der Waals surface area (Å²) in [5.74, 6) is 0.859. The summed E-state index contributed by atoms with van der Waals surface area (Å²) in [4.78, 5) is 23.6. The van der Waals surface area contributed by atoms with Crippen LogP contribution in [0, 0.1) is 11.3 Å². The van der Waals surface area contributed by atoms with Gasteiger partial charge in [-0.3, -0.25) is 9.59 Å². The molecular weight excluding hydrogens is 356 g/mol. The second-order valence-electron chi connectivity index (χ2n) is 10.4. The van der Waals surface area contributed by atoms with E-state index in [-0.39, 0.29) is 23.0 Å². The van der Waals surface area contributed by atoms with E-state index in [1.807, 2.05) is 7.11 Å². The van der Waals surface area contributed by atoms with Crippen LogP contribution in [0.5, 0.6) is 0 Å². The summed E-state index contributed by atoms with van der Waals surface area (Å²) >= 11 is 0. The molecule has 1 aliphatic carbocycles. The molecule has 1 saturated carbocycles. The van der Waals surface area contributed by atoms with Crippen molar-refractivity contribution in [3.05, 3.63) is 0 Å². The number of piperidine rings is 2. The lowest BCUT2D eigenvalue weighted by atomic mass is 9.74. The quantitative estimate of drug-likeness (QED) is 0.715. The van der Waals surface area contributed by atoms with E-state index >= 15 is 0 Å². The Morgan fingerprint density at radius 2 is 1.75 bits per heavy atom. The molecular formula is C22H40N2O4. The maximum absolute atomic E-state index is 13.1. The molecule has 28 heavy (non-hydrogen) atoms. The van der Waals surface area contributed by atoms with Crippen molar-refractivity contribution in [2.45, 2.75) is 96.2 Å². The molecule has 2 atom stereocenters. The Hall–Kier alpha value is -1.14. The van der Waals surface area contributed by atoms with Crippen LogP contribution in [0.4, 0.5) is 0 Å². The van der Waals surface area contributed by atoms with Crippen LogP contribution in [0.3, 0.4) is 0 Å². The zero-order valence-electron chi connectivity index (χ0n) is 18.4. The van der Waals surface area contributed by atoms with Gasteiger partial charge in [0, 0.05) is 43.1 Å². The van der Waals surface area contributed by atoms with Crippen molar-refractivity contribution >= 4 is 12.4 Å². The topological polar surface area (TPSA) is 78.9 Å². The molecule has 2 heterocycles. The van der Waals surface area contributed by atoms with Gasteiger partial charge in [0.05, 0.1) is 6.10 Å². The van der Waals surface area contributed by atoms with Gasteiger partial charge in [0.15, 0.2) is 0 Å². The van der Waals surface area contributed by atoms with E-state index in [0.29, 0.717) is 24.3 Å². The van der Waals surface area contributed by atoms with Gasteiger partial charge < -0.3 is 20.1 Å². The van der Waals surface area contributed by atoms with E-state index in [2.05, 4.69) is 37.9 Å². The molecule has 0 aromatic heterocycles. The summed E-state index contributed by atoms with van der Waals surface area (Å²) in [5, 5.41) is 10.6. The van der Waals surface area contributed by atoms with Gasteiger partial charge in [0.2, 0.25) is 5.91 Å². The van der Waals surface area contributed by atoms with E-state index < -0.39 is 0 Å². The summed E-state index contributed by atoms with van der Waals surface area (Å²) in [6.45, 7) is 10.7. The number of likely N-dealkylation sites (tertiary alicyclic amines) is 1. The normalized spacial score (nSPS) is 31.9. The molecule has 1 amide bonds. The van der Waals surface area contributed by atoms with Gasteiger partial charge >= 0.3 is 0 Å². The van der Waals surface area contributed by atoms with Gasteiger partial charge in [-0.05, 0) is 72.1 Å². The number of carboxylic acid groups (broad SMARTS) is 1. The lowest BCUT2D eigenvalue weighted by molar-refractivity contribution is -0.139. The Bertz CT molecular complexity index is 533. The van der Waals surface area contributed by atoms with E-state index in [9.17, 15) is 4.79 Å². The van der Waals surface area contributed by atoms with Crippen molar-refractivity contribution in [1.29, 1.82) is 0 Å². The molecule has 2 saturated heterocycles. The molecule has 1 spiro atoms. The van der Waals surface area contributed by atoms with E-state index in [4.69, 9.17) is 14.6 Å². The molecule has 0 unspecified atom stereocenters. The molecule has 162 valence electrons. The predicted molar refractivity (Wildman–Crippen MR) is 110 cm³/mol. The van der Waals surface area contributed by atoms with Crippen molar-refractivity contribution in [3.63, 3.8) is 0 Å². The van der Waals surface area contributed by atoms with Crippen LogP contribution in [0.15, 0.2) is 0 Å². The van der Waals surface area contributed by atoms with Gasteiger partial charge in [0.25, 0.3) is 6.47 Å². The van der Waals surface area contributed by atoms with Crippen molar-refractivity contribution in [2.75, 3.05) is 20.2 Å². The number of hydrogen-bond acceptors (Lipinski definition) is 4. The molecule has 0 aromatic rings. The Labute approximate surface area is 170 Å². The average Bonchev–Trinajstić information content (AvgIpc) is 2.94. The largest absolute Gasteiger partial charge is 0.483 e. The number of carbonyl (C=O) groups excluding carboxylic acids is 1. The number of nitrogens with zero attached hydrogens (tertiary/aromatic N) is 1. The van der Waals surface area contributed by atoms with Crippen molar-refractivity contribution < 1.29 is 19.4 Å². The van der Waals surface area contributed by atoms with Gasteiger partial charge in [-0.2, -0.15) is 0 Å². The summed E-state index contributed by atoms with van der Waals surface area (Å²) in [6.07, 6.45) is 9.22. The zero-order chi connectivity index (χ0) is 21.0. The van der Waals surface area contributed by atoms with Gasteiger partial charge in [0.1, 0.15) is 0 Å². The maximum Gasteiger partial charge on any atom is 0.290 e. The van der Waals surface area contributed by atoms with Crippen LogP contribution in [0.25, 0.3) is 0 Å². The monoisotopic (exact) mass is 396 g/mol. The first-order chi connectivity index (χ1) is 13.1. The molecule has 6 heteroatoms. The average molecular weight is 397 g/mol. The molecule has 2 aliphatic heterocycles. The van der Waals surface area contributed by atoms with Crippen LogP contribution >= 0.6 is 0 Å². The highest BCUT2D eigenvalue weighted by atomic mass is 16.5. The highest BCUT2D eigenvalue weighted by molar-refractivity contribution is 5.76. The third kappa shape index (κ3) is 5.69. The molecule has 3 fully saturated rings. The van der Waals surface area contributed by atoms with Crippen LogP contribution in [0.1, 0.15) is 79.1 Å². The first kappa shape index (κ1) is 23.1. The van der Waals surface area contributed by atoms with Crippen LogP contribution < -0.4 is 5.32 Å². The zero-order valence-corrected chi connectivity index (χ0v) is 18.4. The van der Waals surface area contributed by atoms with E-state index in [1.54, 1.807) is 0 Å². The minimum Gasteiger partial charge on any atom is -0.483 e. The fourth-order valence-electron chi connectivity index (χ4n) is 6.37. The first-order valence-corrected chi connectivity index (χ1v) is 10.7. The first-order valence-electron chi connectivity index (χ1n) is 10.7. The van der Waals surface area contributed by atoms with Crippen molar-refractivity contribution in [3.8, 4) is 0 Å². The Balaban J connectivity index is 0.000000878. The Kier molecular flexibility index (Phi) is 7.54. The second kappa shape index (κ2) is 9.12. The third-order valence-electron chi connectivity index (χ3n) is 6.81. The predicted octanol–water partition coefficient (Wildman–Crippen LogP) is 3.44. The van der Waals surface area contributed by atoms with Gasteiger partial charge in [-0.15, -0.1) is 0 Å². The number of methoxy groups -OCH3 is 1. The minimum absolute atomic E-state index is 0.114. The minimum atomic E-state index is -0.250. The number of amides is 1. The molecule has 3 aliphatic rings. The Morgan fingerprint density at radius 3 is 2.32 bits per heavy atom. The van der Waals surface area contributed by atoms with Crippen molar-refractivity contribution in [1.82, 2.24) is 10.2 Å². The lowest BCUT2D eigenvalue weighted by Gasteiger charge is -2.47. The fraction of sp³-hybridized carbons (Fsp3) is 0.909. The number of hydrogen-bond donors (Lipinski definition) is 2.